The molecule has 4 aromatic carbocycles. The van der Waals surface area contributed by atoms with Crippen LogP contribution in [0.3, 0.4) is 0 Å². The fourth-order valence-electron chi connectivity index (χ4n) is 3.78. The third kappa shape index (κ3) is 6.70. The van der Waals surface area contributed by atoms with E-state index in [1.807, 2.05) is 91.0 Å². The maximum Gasteiger partial charge on any atom is 0.270 e. The minimum atomic E-state index is -0.344. The Balaban J connectivity index is 1.69. The van der Waals surface area contributed by atoms with E-state index >= 15 is 0 Å². The van der Waals surface area contributed by atoms with Crippen LogP contribution in [-0.2, 0) is 17.9 Å². The van der Waals surface area contributed by atoms with Gasteiger partial charge < -0.3 is 15.0 Å². The van der Waals surface area contributed by atoms with Crippen LogP contribution in [0.2, 0.25) is 0 Å². The van der Waals surface area contributed by atoms with E-state index in [9.17, 15) is 9.59 Å². The van der Waals surface area contributed by atoms with Crippen molar-refractivity contribution in [3.05, 3.63) is 143 Å². The normalized spacial score (nSPS) is 11.0. The molecule has 4 rings (SSSR count). The van der Waals surface area contributed by atoms with E-state index in [4.69, 9.17) is 4.74 Å². The summed E-state index contributed by atoms with van der Waals surface area (Å²) < 4.78 is 5.25. The summed E-state index contributed by atoms with van der Waals surface area (Å²) in [6.45, 7) is 0.797. The van der Waals surface area contributed by atoms with Gasteiger partial charge in [-0.05, 0) is 47.0 Å². The van der Waals surface area contributed by atoms with Gasteiger partial charge in [0.05, 0.1) is 7.11 Å². The van der Waals surface area contributed by atoms with Crippen molar-refractivity contribution in [1.29, 1.82) is 0 Å². The standard InChI is InChI=1S/C31H28N2O3/c1-36-28-19-17-24(18-20-28)21-29(32-30(34)27-15-9-4-10-16-27)31(35)33(22-25-11-5-2-6-12-25)23-26-13-7-3-8-14-26/h2-21H,22-23H2,1H3,(H,32,34). The van der Waals surface area contributed by atoms with E-state index in [-0.39, 0.29) is 17.5 Å². The zero-order valence-corrected chi connectivity index (χ0v) is 20.1. The fourth-order valence-corrected chi connectivity index (χ4v) is 3.78. The Bertz CT molecular complexity index is 1260. The molecule has 0 atom stereocenters. The first-order chi connectivity index (χ1) is 17.6. The number of methoxy groups -OCH3 is 1. The SMILES string of the molecule is COc1ccc(C=C(NC(=O)c2ccccc2)C(=O)N(Cc2ccccc2)Cc2ccccc2)cc1. The quantitative estimate of drug-likeness (QED) is 0.316. The highest BCUT2D eigenvalue weighted by Gasteiger charge is 2.22. The van der Waals surface area contributed by atoms with Crippen molar-refractivity contribution in [3.8, 4) is 5.75 Å². The molecule has 5 nitrogen and oxygen atoms in total. The maximum absolute atomic E-state index is 14.0. The Morgan fingerprint density at radius 1 is 0.722 bits per heavy atom. The van der Waals surface area contributed by atoms with Crippen molar-refractivity contribution < 1.29 is 14.3 Å². The zero-order chi connectivity index (χ0) is 25.2. The molecule has 0 spiro atoms. The van der Waals surface area contributed by atoms with Crippen LogP contribution in [-0.4, -0.2) is 23.8 Å². The third-order valence-electron chi connectivity index (χ3n) is 5.66. The molecule has 0 heterocycles. The van der Waals surface area contributed by atoms with Crippen molar-refractivity contribution in [1.82, 2.24) is 10.2 Å². The van der Waals surface area contributed by atoms with Gasteiger partial charge in [-0.2, -0.15) is 0 Å². The number of amides is 2. The second kappa shape index (κ2) is 12.2. The molecule has 0 unspecified atom stereocenters. The number of nitrogens with zero attached hydrogens (tertiary/aromatic N) is 1. The van der Waals surface area contributed by atoms with Crippen LogP contribution in [0.4, 0.5) is 0 Å². The number of hydrogen-bond donors (Lipinski definition) is 1. The number of benzene rings is 4. The Hall–Kier alpha value is -4.64. The van der Waals surface area contributed by atoms with Gasteiger partial charge in [-0.15, -0.1) is 0 Å². The molecule has 0 aliphatic heterocycles. The number of carbonyl (C=O) groups excluding carboxylic acids is 2. The van der Waals surface area contributed by atoms with Gasteiger partial charge in [-0.25, -0.2) is 0 Å². The lowest BCUT2D eigenvalue weighted by Gasteiger charge is -2.25. The minimum absolute atomic E-state index is 0.195. The van der Waals surface area contributed by atoms with Crippen molar-refractivity contribution in [2.75, 3.05) is 7.11 Å². The van der Waals surface area contributed by atoms with Crippen LogP contribution in [0.25, 0.3) is 6.08 Å². The second-order valence-electron chi connectivity index (χ2n) is 8.28. The number of carbonyl (C=O) groups is 2. The van der Waals surface area contributed by atoms with Gasteiger partial charge >= 0.3 is 0 Å². The molecule has 0 radical (unpaired) electrons. The van der Waals surface area contributed by atoms with Gasteiger partial charge in [0.15, 0.2) is 0 Å². The van der Waals surface area contributed by atoms with Gasteiger partial charge in [0, 0.05) is 18.7 Å². The lowest BCUT2D eigenvalue weighted by Crippen LogP contribution is -2.37. The van der Waals surface area contributed by atoms with E-state index in [0.717, 1.165) is 16.7 Å². The molecule has 0 bridgehead atoms. The van der Waals surface area contributed by atoms with Crippen molar-refractivity contribution in [2.45, 2.75) is 13.1 Å². The molecule has 0 aromatic heterocycles. The molecule has 0 aliphatic rings. The third-order valence-corrected chi connectivity index (χ3v) is 5.66. The molecule has 0 saturated heterocycles. The highest BCUT2D eigenvalue weighted by Crippen LogP contribution is 2.17. The molecule has 0 fully saturated rings. The van der Waals surface area contributed by atoms with E-state index in [1.165, 1.54) is 0 Å². The molecular formula is C31H28N2O3. The lowest BCUT2D eigenvalue weighted by atomic mass is 10.1. The smallest absolute Gasteiger partial charge is 0.270 e. The van der Waals surface area contributed by atoms with Crippen LogP contribution < -0.4 is 10.1 Å². The summed E-state index contributed by atoms with van der Waals surface area (Å²) in [6, 6.07) is 35.8. The van der Waals surface area contributed by atoms with Gasteiger partial charge in [0.25, 0.3) is 11.8 Å². The van der Waals surface area contributed by atoms with Crippen LogP contribution in [0.5, 0.6) is 5.75 Å². The Morgan fingerprint density at radius 3 is 1.72 bits per heavy atom. The predicted molar refractivity (Wildman–Crippen MR) is 142 cm³/mol. The van der Waals surface area contributed by atoms with E-state index in [2.05, 4.69) is 5.32 Å². The van der Waals surface area contributed by atoms with Crippen molar-refractivity contribution >= 4 is 17.9 Å². The molecule has 5 heteroatoms. The van der Waals surface area contributed by atoms with Gasteiger partial charge in [0.1, 0.15) is 11.4 Å². The molecule has 2 amide bonds. The molecule has 36 heavy (non-hydrogen) atoms. The molecule has 0 saturated carbocycles. The number of nitrogens with one attached hydrogen (secondary N) is 1. The molecule has 180 valence electrons. The average molecular weight is 477 g/mol. The molecule has 0 aliphatic carbocycles. The topological polar surface area (TPSA) is 58.6 Å². The predicted octanol–water partition coefficient (Wildman–Crippen LogP) is 5.70. The largest absolute Gasteiger partial charge is 0.497 e. The number of ether oxygens (including phenoxy) is 1. The molecule has 4 aromatic rings. The van der Waals surface area contributed by atoms with Gasteiger partial charge in [-0.1, -0.05) is 91.0 Å². The minimum Gasteiger partial charge on any atom is -0.497 e. The number of rotatable bonds is 9. The van der Waals surface area contributed by atoms with E-state index in [0.29, 0.717) is 24.4 Å². The Kier molecular flexibility index (Phi) is 8.28. The Morgan fingerprint density at radius 2 is 1.22 bits per heavy atom. The van der Waals surface area contributed by atoms with Crippen molar-refractivity contribution in [3.63, 3.8) is 0 Å². The van der Waals surface area contributed by atoms with Crippen LogP contribution in [0, 0.1) is 0 Å². The summed E-state index contributed by atoms with van der Waals surface area (Å²) in [5.74, 6) is 0.0917. The summed E-state index contributed by atoms with van der Waals surface area (Å²) in [6.07, 6.45) is 1.70. The highest BCUT2D eigenvalue weighted by molar-refractivity contribution is 6.05. The van der Waals surface area contributed by atoms with Gasteiger partial charge in [-0.3, -0.25) is 9.59 Å². The summed E-state index contributed by atoms with van der Waals surface area (Å²) in [4.78, 5) is 28.8. The lowest BCUT2D eigenvalue weighted by molar-refractivity contribution is -0.128. The van der Waals surface area contributed by atoms with Crippen LogP contribution >= 0.6 is 0 Å². The molecular weight excluding hydrogens is 448 g/mol. The first-order valence-electron chi connectivity index (χ1n) is 11.7. The first-order valence-corrected chi connectivity index (χ1v) is 11.7. The number of hydrogen-bond acceptors (Lipinski definition) is 3. The monoisotopic (exact) mass is 476 g/mol. The first kappa shape index (κ1) is 24.5. The maximum atomic E-state index is 14.0. The van der Waals surface area contributed by atoms with Crippen LogP contribution in [0.15, 0.2) is 121 Å². The highest BCUT2D eigenvalue weighted by atomic mass is 16.5. The van der Waals surface area contributed by atoms with E-state index in [1.54, 1.807) is 42.4 Å². The summed E-state index contributed by atoms with van der Waals surface area (Å²) >= 11 is 0. The Labute approximate surface area is 211 Å². The second-order valence-corrected chi connectivity index (χ2v) is 8.28. The average Bonchev–Trinajstić information content (AvgIpc) is 2.94. The fraction of sp³-hybridized carbons (Fsp3) is 0.0968. The van der Waals surface area contributed by atoms with Crippen LogP contribution in [0.1, 0.15) is 27.0 Å². The van der Waals surface area contributed by atoms with Gasteiger partial charge in [0.2, 0.25) is 0 Å². The zero-order valence-electron chi connectivity index (χ0n) is 20.1. The van der Waals surface area contributed by atoms with E-state index < -0.39 is 0 Å². The van der Waals surface area contributed by atoms with Crippen molar-refractivity contribution in [2.24, 2.45) is 0 Å². The molecule has 1 N–H and O–H groups in total. The summed E-state index contributed by atoms with van der Waals surface area (Å²) in [5, 5.41) is 2.86. The summed E-state index contributed by atoms with van der Waals surface area (Å²) in [7, 11) is 1.60. The summed E-state index contributed by atoms with van der Waals surface area (Å²) in [5.41, 5.74) is 3.44.